The fourth-order valence-corrected chi connectivity index (χ4v) is 3.24. The van der Waals surface area contributed by atoms with E-state index in [1.807, 2.05) is 0 Å². The van der Waals surface area contributed by atoms with Crippen LogP contribution in [0.4, 0.5) is 0 Å². The van der Waals surface area contributed by atoms with E-state index in [0.717, 1.165) is 0 Å². The van der Waals surface area contributed by atoms with Gasteiger partial charge in [-0.15, -0.1) is 0 Å². The largest absolute Gasteiger partial charge is 0.474 e. The van der Waals surface area contributed by atoms with E-state index in [1.54, 1.807) is 48.5 Å². The highest BCUT2D eigenvalue weighted by Gasteiger charge is 2.19. The summed E-state index contributed by atoms with van der Waals surface area (Å²) in [7, 11) is 2.43. The average Bonchev–Trinajstić information content (AvgIpc) is 2.75. The third-order valence-electron chi connectivity index (χ3n) is 4.39. The molecule has 0 aliphatic rings. The normalized spacial score (nSPS) is 10.0. The Balaban J connectivity index is 2.85. The number of carbonyl (C=O) groups is 2. The topological polar surface area (TPSA) is 61.3 Å². The molecule has 3 aromatic carbocycles. The van der Waals surface area contributed by atoms with E-state index in [1.165, 1.54) is 14.2 Å². The highest BCUT2D eigenvalue weighted by atomic mass is 16.5. The molecule has 0 atom stereocenters. The van der Waals surface area contributed by atoms with E-state index < -0.39 is 11.9 Å². The zero-order valence-electron chi connectivity index (χ0n) is 15.1. The third kappa shape index (κ3) is 2.84. The second-order valence-corrected chi connectivity index (χ2v) is 5.75. The van der Waals surface area contributed by atoms with Crippen molar-refractivity contribution in [3.05, 3.63) is 81.8 Å². The lowest BCUT2D eigenvalue weighted by molar-refractivity contribution is -0.134. The Bertz CT molecular complexity index is 1170. The van der Waals surface area contributed by atoms with Crippen molar-refractivity contribution in [3.63, 3.8) is 0 Å². The molecule has 28 heavy (non-hydrogen) atoms. The minimum Gasteiger partial charge on any atom is -0.474 e. The van der Waals surface area contributed by atoms with Gasteiger partial charge in [0.25, 0.3) is 11.4 Å². The van der Waals surface area contributed by atoms with Gasteiger partial charge in [-0.25, -0.2) is 9.69 Å². The second kappa shape index (κ2) is 7.61. The molecule has 0 saturated carbocycles. The number of hydrogen-bond donors (Lipinski definition) is 0. The number of esters is 2. The Hall–Kier alpha value is -4.16. The molecule has 0 bridgehead atoms. The molecular weight excluding hydrogens is 356 g/mol. The van der Waals surface area contributed by atoms with Gasteiger partial charge in [-0.05, 0) is 21.5 Å². The van der Waals surface area contributed by atoms with Crippen LogP contribution in [0.25, 0.3) is 42.6 Å². The predicted molar refractivity (Wildman–Crippen MR) is 105 cm³/mol. The summed E-state index contributed by atoms with van der Waals surface area (Å²) in [5.41, 5.74) is -0.326. The predicted octanol–water partition coefficient (Wildman–Crippen LogP) is 2.39. The fraction of sp³-hybridized carbons (Fsp3) is 0.0909. The summed E-state index contributed by atoms with van der Waals surface area (Å²) >= 11 is 0. The summed E-state index contributed by atoms with van der Waals surface area (Å²) in [6.45, 7) is 15.0. The summed E-state index contributed by atoms with van der Waals surface area (Å²) < 4.78 is 9.58. The minimum absolute atomic E-state index is 0.163. The van der Waals surface area contributed by atoms with Gasteiger partial charge in [0, 0.05) is 10.4 Å². The number of hydrogen-bond acceptors (Lipinski definition) is 4. The Morgan fingerprint density at radius 3 is 1.18 bits per heavy atom. The molecule has 0 unspecified atom stereocenters. The molecule has 3 rings (SSSR count). The molecule has 0 aliphatic carbocycles. The highest BCUT2D eigenvalue weighted by Crippen LogP contribution is 2.18. The number of carbonyl (C=O) groups excluding carboxylic acids is 2. The van der Waals surface area contributed by atoms with Crippen molar-refractivity contribution in [1.29, 1.82) is 0 Å². The van der Waals surface area contributed by atoms with Crippen LogP contribution < -0.4 is 10.4 Å². The van der Waals surface area contributed by atoms with Crippen LogP contribution in [-0.2, 0) is 19.1 Å². The zero-order valence-corrected chi connectivity index (χ0v) is 15.1. The molecule has 0 radical (unpaired) electrons. The molecule has 0 aromatic heterocycles. The molecule has 0 N–H and O–H groups in total. The van der Waals surface area contributed by atoms with Crippen LogP contribution in [0.1, 0.15) is 0 Å². The standard InChI is InChI=1S/C22H14N2O4/c1-23-19(21(25)27-3)17-13-9-5-7-11-15(13)18(20(24-2)22(26)28-4)16-12-8-6-10-14(16)17/h5-12H,3-4H3. The molecule has 0 spiro atoms. The molecule has 6 nitrogen and oxygen atoms in total. The number of nitrogens with zero attached hydrogens (tertiary/aromatic N) is 2. The van der Waals surface area contributed by atoms with Crippen LogP contribution in [0.5, 0.6) is 0 Å². The molecule has 0 heterocycles. The summed E-state index contributed by atoms with van der Waals surface area (Å²) in [6.07, 6.45) is 0. The fourth-order valence-electron chi connectivity index (χ4n) is 3.24. The SMILES string of the molecule is [C-]#[N+]C(C(=O)OC)=c1c2ccccc2c(=C([N+]#[C-])C(=O)OC)c2ccccc12. The number of ether oxygens (including phenoxy) is 2. The van der Waals surface area contributed by atoms with E-state index in [0.29, 0.717) is 32.0 Å². The van der Waals surface area contributed by atoms with E-state index in [4.69, 9.17) is 22.6 Å². The maximum atomic E-state index is 12.3. The molecule has 0 saturated heterocycles. The first-order chi connectivity index (χ1) is 13.6. The van der Waals surface area contributed by atoms with E-state index >= 15 is 0 Å². The molecule has 136 valence electrons. The van der Waals surface area contributed by atoms with Crippen molar-refractivity contribution in [2.45, 2.75) is 0 Å². The van der Waals surface area contributed by atoms with Crippen LogP contribution >= 0.6 is 0 Å². The molecular formula is C22H14N2O4. The zero-order chi connectivity index (χ0) is 20.3. The van der Waals surface area contributed by atoms with E-state index in [9.17, 15) is 9.59 Å². The van der Waals surface area contributed by atoms with Gasteiger partial charge in [0.05, 0.1) is 27.4 Å². The number of rotatable bonds is 2. The molecule has 0 amide bonds. The van der Waals surface area contributed by atoms with Crippen LogP contribution in [0.15, 0.2) is 48.5 Å². The average molecular weight is 370 g/mol. The van der Waals surface area contributed by atoms with Crippen LogP contribution in [0.2, 0.25) is 0 Å². The van der Waals surface area contributed by atoms with Gasteiger partial charge in [0.1, 0.15) is 0 Å². The summed E-state index contributed by atoms with van der Waals surface area (Å²) in [5.74, 6) is -1.50. The van der Waals surface area contributed by atoms with Gasteiger partial charge in [0.2, 0.25) is 0 Å². The lowest BCUT2D eigenvalue weighted by Crippen LogP contribution is -2.22. The molecule has 0 fully saturated rings. The molecule has 6 heteroatoms. The second-order valence-electron chi connectivity index (χ2n) is 5.75. The van der Waals surface area contributed by atoms with Crippen molar-refractivity contribution in [1.82, 2.24) is 0 Å². The first-order valence-electron chi connectivity index (χ1n) is 8.18. The molecule has 3 aromatic rings. The van der Waals surface area contributed by atoms with Crippen molar-refractivity contribution >= 4 is 44.9 Å². The van der Waals surface area contributed by atoms with Gasteiger partial charge in [0.15, 0.2) is 0 Å². The Morgan fingerprint density at radius 2 is 0.964 bits per heavy atom. The quantitative estimate of drug-likeness (QED) is 0.395. The van der Waals surface area contributed by atoms with Crippen molar-refractivity contribution in [3.8, 4) is 0 Å². The maximum Gasteiger partial charge on any atom is 0.336 e. The number of methoxy groups -OCH3 is 2. The molecule has 0 aliphatic heterocycles. The summed E-state index contributed by atoms with van der Waals surface area (Å²) in [4.78, 5) is 31.3. The Morgan fingerprint density at radius 1 is 0.679 bits per heavy atom. The minimum atomic E-state index is -0.750. The van der Waals surface area contributed by atoms with E-state index in [-0.39, 0.29) is 11.4 Å². The van der Waals surface area contributed by atoms with Crippen LogP contribution in [0.3, 0.4) is 0 Å². The van der Waals surface area contributed by atoms with Crippen molar-refractivity contribution in [2.24, 2.45) is 0 Å². The summed E-state index contributed by atoms with van der Waals surface area (Å²) in [6, 6.07) is 14.0. The first-order valence-corrected chi connectivity index (χ1v) is 8.18. The number of benzene rings is 3. The smallest absolute Gasteiger partial charge is 0.336 e. The van der Waals surface area contributed by atoms with Gasteiger partial charge in [-0.2, -0.15) is 0 Å². The van der Waals surface area contributed by atoms with Gasteiger partial charge in [-0.3, -0.25) is 9.59 Å². The van der Waals surface area contributed by atoms with Crippen molar-refractivity contribution in [2.75, 3.05) is 14.2 Å². The van der Waals surface area contributed by atoms with Crippen molar-refractivity contribution < 1.29 is 19.1 Å². The first kappa shape index (κ1) is 18.6. The summed E-state index contributed by atoms with van der Waals surface area (Å²) in [5, 5.41) is 3.09. The van der Waals surface area contributed by atoms with E-state index in [2.05, 4.69) is 9.69 Å². The third-order valence-corrected chi connectivity index (χ3v) is 4.39. The van der Waals surface area contributed by atoms with Gasteiger partial charge in [-0.1, -0.05) is 48.5 Å². The Labute approximate surface area is 160 Å². The van der Waals surface area contributed by atoms with Gasteiger partial charge < -0.3 is 9.47 Å². The monoisotopic (exact) mass is 370 g/mol. The van der Waals surface area contributed by atoms with Gasteiger partial charge >= 0.3 is 11.9 Å². The maximum absolute atomic E-state index is 12.3. The lowest BCUT2D eigenvalue weighted by Gasteiger charge is -2.10. The Kier molecular flexibility index (Phi) is 5.06. The van der Waals surface area contributed by atoms with Crippen LogP contribution in [0, 0.1) is 13.1 Å². The lowest BCUT2D eigenvalue weighted by atomic mass is 9.95. The highest BCUT2D eigenvalue weighted by molar-refractivity contribution is 6.20. The number of fused-ring (bicyclic) bond motifs is 2. The van der Waals surface area contributed by atoms with Crippen LogP contribution in [-0.4, -0.2) is 26.2 Å².